The summed E-state index contributed by atoms with van der Waals surface area (Å²) >= 11 is 3.32. The van der Waals surface area contributed by atoms with E-state index in [1.807, 2.05) is 12.1 Å². The SMILES string of the molecule is Cc1cc(CBr)cc(C)c1S(N)(=O)=O. The Balaban J connectivity index is 3.48. The van der Waals surface area contributed by atoms with Crippen LogP contribution >= 0.6 is 15.9 Å². The van der Waals surface area contributed by atoms with Crippen molar-refractivity contribution in [1.29, 1.82) is 0 Å². The Labute approximate surface area is 92.5 Å². The van der Waals surface area contributed by atoms with E-state index in [1.165, 1.54) is 0 Å². The van der Waals surface area contributed by atoms with Crippen molar-refractivity contribution in [1.82, 2.24) is 0 Å². The summed E-state index contributed by atoms with van der Waals surface area (Å²) in [6.45, 7) is 3.50. The molecule has 0 aromatic heterocycles. The fourth-order valence-electron chi connectivity index (χ4n) is 1.57. The minimum Gasteiger partial charge on any atom is -0.225 e. The highest BCUT2D eigenvalue weighted by molar-refractivity contribution is 9.08. The zero-order chi connectivity index (χ0) is 10.9. The number of hydrogen-bond acceptors (Lipinski definition) is 2. The van der Waals surface area contributed by atoms with E-state index in [9.17, 15) is 8.42 Å². The maximum atomic E-state index is 11.2. The van der Waals surface area contributed by atoms with E-state index in [0.29, 0.717) is 16.5 Å². The van der Waals surface area contributed by atoms with Gasteiger partial charge in [-0.3, -0.25) is 0 Å². The van der Waals surface area contributed by atoms with Crippen molar-refractivity contribution in [2.45, 2.75) is 24.1 Å². The molecule has 0 amide bonds. The van der Waals surface area contributed by atoms with Crippen LogP contribution in [0.15, 0.2) is 17.0 Å². The van der Waals surface area contributed by atoms with Crippen LogP contribution in [-0.2, 0) is 15.4 Å². The normalized spacial score (nSPS) is 11.7. The van der Waals surface area contributed by atoms with Gasteiger partial charge in [0.05, 0.1) is 4.90 Å². The van der Waals surface area contributed by atoms with E-state index in [1.54, 1.807) is 13.8 Å². The van der Waals surface area contributed by atoms with Gasteiger partial charge in [-0.05, 0) is 30.5 Å². The Morgan fingerprint density at radius 2 is 1.71 bits per heavy atom. The van der Waals surface area contributed by atoms with E-state index in [-0.39, 0.29) is 4.90 Å². The molecule has 0 aliphatic heterocycles. The van der Waals surface area contributed by atoms with E-state index in [0.717, 1.165) is 5.56 Å². The standard InChI is InChI=1S/C9H12BrNO2S/c1-6-3-8(5-10)4-7(2)9(6)14(11,12)13/h3-4H,5H2,1-2H3,(H2,11,12,13). The van der Waals surface area contributed by atoms with E-state index in [4.69, 9.17) is 5.14 Å². The largest absolute Gasteiger partial charge is 0.238 e. The molecule has 14 heavy (non-hydrogen) atoms. The van der Waals surface area contributed by atoms with Crippen LogP contribution in [0.4, 0.5) is 0 Å². The van der Waals surface area contributed by atoms with Gasteiger partial charge in [-0.2, -0.15) is 0 Å². The summed E-state index contributed by atoms with van der Waals surface area (Å²) in [5, 5.41) is 5.82. The first-order chi connectivity index (χ1) is 6.36. The number of primary sulfonamides is 1. The Kier molecular flexibility index (Phi) is 3.34. The van der Waals surface area contributed by atoms with Crippen LogP contribution in [0.2, 0.25) is 0 Å². The number of halogens is 1. The Morgan fingerprint density at radius 1 is 1.29 bits per heavy atom. The molecule has 2 N–H and O–H groups in total. The zero-order valence-corrected chi connectivity index (χ0v) is 10.4. The summed E-state index contributed by atoms with van der Waals surface area (Å²) in [4.78, 5) is 0.238. The van der Waals surface area contributed by atoms with Crippen molar-refractivity contribution in [3.8, 4) is 0 Å². The summed E-state index contributed by atoms with van der Waals surface area (Å²) in [7, 11) is -3.60. The highest BCUT2D eigenvalue weighted by atomic mass is 79.9. The number of nitrogens with two attached hydrogens (primary N) is 1. The lowest BCUT2D eigenvalue weighted by Gasteiger charge is -2.09. The van der Waals surface area contributed by atoms with Gasteiger partial charge in [0.15, 0.2) is 0 Å². The molecule has 0 heterocycles. The molecule has 0 atom stereocenters. The van der Waals surface area contributed by atoms with Crippen LogP contribution in [0.25, 0.3) is 0 Å². The summed E-state index contributed by atoms with van der Waals surface area (Å²) in [5.74, 6) is 0. The summed E-state index contributed by atoms with van der Waals surface area (Å²) < 4.78 is 22.5. The van der Waals surface area contributed by atoms with Gasteiger partial charge in [-0.15, -0.1) is 0 Å². The molecule has 0 bridgehead atoms. The van der Waals surface area contributed by atoms with Crippen LogP contribution < -0.4 is 5.14 Å². The van der Waals surface area contributed by atoms with Crippen LogP contribution in [0.1, 0.15) is 16.7 Å². The van der Waals surface area contributed by atoms with Crippen LogP contribution in [-0.4, -0.2) is 8.42 Å². The second kappa shape index (κ2) is 4.00. The number of hydrogen-bond donors (Lipinski definition) is 1. The average molecular weight is 278 g/mol. The number of rotatable bonds is 2. The summed E-state index contributed by atoms with van der Waals surface area (Å²) in [6, 6.07) is 3.64. The highest BCUT2D eigenvalue weighted by Crippen LogP contribution is 2.21. The topological polar surface area (TPSA) is 60.2 Å². The molecule has 0 spiro atoms. The van der Waals surface area contributed by atoms with Crippen LogP contribution in [0.3, 0.4) is 0 Å². The van der Waals surface area contributed by atoms with Gasteiger partial charge in [0.2, 0.25) is 10.0 Å². The third-order valence-corrected chi connectivity index (χ3v) is 3.82. The van der Waals surface area contributed by atoms with Crippen LogP contribution in [0, 0.1) is 13.8 Å². The minimum atomic E-state index is -3.60. The van der Waals surface area contributed by atoms with Gasteiger partial charge in [-0.25, -0.2) is 13.6 Å². The third kappa shape index (κ3) is 2.34. The number of alkyl halides is 1. The maximum absolute atomic E-state index is 11.2. The Morgan fingerprint density at radius 3 is 2.00 bits per heavy atom. The smallest absolute Gasteiger partial charge is 0.225 e. The molecule has 0 unspecified atom stereocenters. The van der Waals surface area contributed by atoms with Gasteiger partial charge in [0.25, 0.3) is 0 Å². The van der Waals surface area contributed by atoms with E-state index >= 15 is 0 Å². The fraction of sp³-hybridized carbons (Fsp3) is 0.333. The highest BCUT2D eigenvalue weighted by Gasteiger charge is 2.15. The predicted octanol–water partition coefficient (Wildman–Crippen LogP) is 1.85. The second-order valence-electron chi connectivity index (χ2n) is 3.24. The summed E-state index contributed by atoms with van der Waals surface area (Å²) in [6.07, 6.45) is 0. The zero-order valence-electron chi connectivity index (χ0n) is 8.04. The van der Waals surface area contributed by atoms with Crippen molar-refractivity contribution < 1.29 is 8.42 Å². The first-order valence-electron chi connectivity index (χ1n) is 4.05. The average Bonchev–Trinajstić information content (AvgIpc) is 1.99. The van der Waals surface area contributed by atoms with E-state index in [2.05, 4.69) is 15.9 Å². The number of sulfonamides is 1. The molecular weight excluding hydrogens is 266 g/mol. The molecule has 78 valence electrons. The van der Waals surface area contributed by atoms with Gasteiger partial charge in [0.1, 0.15) is 0 Å². The van der Waals surface area contributed by atoms with Crippen molar-refractivity contribution in [3.63, 3.8) is 0 Å². The third-order valence-electron chi connectivity index (χ3n) is 1.96. The monoisotopic (exact) mass is 277 g/mol. The Bertz CT molecular complexity index is 431. The lowest BCUT2D eigenvalue weighted by atomic mass is 10.1. The molecule has 1 aromatic carbocycles. The number of benzene rings is 1. The Hall–Kier alpha value is -0.390. The molecule has 1 rings (SSSR count). The van der Waals surface area contributed by atoms with Crippen molar-refractivity contribution in [2.75, 3.05) is 0 Å². The molecule has 1 aromatic rings. The van der Waals surface area contributed by atoms with Crippen molar-refractivity contribution in [3.05, 3.63) is 28.8 Å². The molecule has 3 nitrogen and oxygen atoms in total. The van der Waals surface area contributed by atoms with Gasteiger partial charge < -0.3 is 0 Å². The van der Waals surface area contributed by atoms with Crippen molar-refractivity contribution >= 4 is 26.0 Å². The fourth-order valence-corrected chi connectivity index (χ4v) is 2.91. The first kappa shape index (κ1) is 11.7. The van der Waals surface area contributed by atoms with Gasteiger partial charge >= 0.3 is 0 Å². The first-order valence-corrected chi connectivity index (χ1v) is 6.72. The molecule has 0 radical (unpaired) electrons. The van der Waals surface area contributed by atoms with Crippen LogP contribution in [0.5, 0.6) is 0 Å². The lowest BCUT2D eigenvalue weighted by molar-refractivity contribution is 0.596. The van der Waals surface area contributed by atoms with Gasteiger partial charge in [0, 0.05) is 5.33 Å². The minimum absolute atomic E-state index is 0.238. The molecule has 5 heteroatoms. The predicted molar refractivity (Wildman–Crippen MR) is 59.9 cm³/mol. The maximum Gasteiger partial charge on any atom is 0.238 e. The molecule has 0 aliphatic rings. The second-order valence-corrected chi connectivity index (χ2v) is 5.30. The molecule has 0 saturated carbocycles. The molecule has 0 fully saturated rings. The summed E-state index contributed by atoms with van der Waals surface area (Å²) in [5.41, 5.74) is 2.44. The molecule has 0 saturated heterocycles. The molecular formula is C9H12BrNO2S. The van der Waals surface area contributed by atoms with Crippen molar-refractivity contribution in [2.24, 2.45) is 5.14 Å². The number of aryl methyl sites for hydroxylation is 2. The molecule has 0 aliphatic carbocycles. The van der Waals surface area contributed by atoms with E-state index < -0.39 is 10.0 Å². The quantitative estimate of drug-likeness (QED) is 0.839. The van der Waals surface area contributed by atoms with Gasteiger partial charge in [-0.1, -0.05) is 28.1 Å². The lowest BCUT2D eigenvalue weighted by Crippen LogP contribution is -2.15.